The van der Waals surface area contributed by atoms with E-state index in [0.29, 0.717) is 0 Å². The summed E-state index contributed by atoms with van der Waals surface area (Å²) in [7, 11) is -4.36. The summed E-state index contributed by atoms with van der Waals surface area (Å²) < 4.78 is 34.9. The Labute approximate surface area is 171 Å². The van der Waals surface area contributed by atoms with Gasteiger partial charge in [0, 0.05) is 51.4 Å². The molecule has 0 spiro atoms. The van der Waals surface area contributed by atoms with Gasteiger partial charge in [-0.3, -0.25) is 9.35 Å². The van der Waals surface area contributed by atoms with Crippen LogP contribution in [0.3, 0.4) is 0 Å². The first-order valence-electron chi connectivity index (χ1n) is 5.99. The van der Waals surface area contributed by atoms with Crippen LogP contribution in [0.1, 0.15) is 12.5 Å². The standard InChI is InChI=1S/C12H16N2O6S.K/c1-9(21(17,18)19)14-11(15)7-13-12(16)20-8-10-5-3-2-4-6-10;/h2-6,9H,7-8H2,1H3,(H,13,16)(H,14,15)(H,17,18,19);. The SMILES string of the molecule is CC(NC(=O)CNC(=O)OCc1ccccc1)S(=O)(=O)O.[K]. The normalized spacial score (nSPS) is 11.7. The summed E-state index contributed by atoms with van der Waals surface area (Å²) in [5.41, 5.74) is 0.789. The topological polar surface area (TPSA) is 122 Å². The zero-order valence-corrected chi connectivity index (χ0v) is 16.2. The number of ether oxygens (including phenoxy) is 1. The summed E-state index contributed by atoms with van der Waals surface area (Å²) in [6, 6.07) is 8.95. The van der Waals surface area contributed by atoms with Crippen molar-refractivity contribution in [2.75, 3.05) is 6.54 Å². The number of benzene rings is 1. The first-order chi connectivity index (χ1) is 9.79. The molecule has 0 fully saturated rings. The van der Waals surface area contributed by atoms with Crippen LogP contribution in [-0.4, -0.2) is 88.3 Å². The van der Waals surface area contributed by atoms with E-state index in [9.17, 15) is 18.0 Å². The summed E-state index contributed by atoms with van der Waals surface area (Å²) in [4.78, 5) is 22.6. The molecule has 10 heteroatoms. The molecule has 1 atom stereocenters. The first-order valence-corrected chi connectivity index (χ1v) is 7.49. The molecule has 1 rings (SSSR count). The summed E-state index contributed by atoms with van der Waals surface area (Å²) >= 11 is 0. The number of amides is 2. The Kier molecular flexibility index (Phi) is 10.1. The molecule has 0 saturated heterocycles. The summed E-state index contributed by atoms with van der Waals surface area (Å²) in [6.45, 7) is 0.685. The van der Waals surface area contributed by atoms with Gasteiger partial charge in [0.15, 0.2) is 5.37 Å². The third-order valence-electron chi connectivity index (χ3n) is 2.42. The van der Waals surface area contributed by atoms with Crippen LogP contribution in [0, 0.1) is 0 Å². The quantitative estimate of drug-likeness (QED) is 0.483. The van der Waals surface area contributed by atoms with Crippen molar-refractivity contribution >= 4 is 73.5 Å². The van der Waals surface area contributed by atoms with Crippen molar-refractivity contribution < 1.29 is 27.3 Å². The maximum absolute atomic E-state index is 11.3. The maximum Gasteiger partial charge on any atom is 0.407 e. The second kappa shape index (κ2) is 10.3. The Morgan fingerprint density at radius 3 is 2.41 bits per heavy atom. The van der Waals surface area contributed by atoms with Gasteiger partial charge >= 0.3 is 6.09 Å². The Balaban J connectivity index is 0.00000441. The Hall–Kier alpha value is -0.494. The molecule has 0 aliphatic carbocycles. The zero-order chi connectivity index (χ0) is 15.9. The van der Waals surface area contributed by atoms with Gasteiger partial charge in [0.1, 0.15) is 13.2 Å². The minimum absolute atomic E-state index is 0. The zero-order valence-electron chi connectivity index (χ0n) is 12.3. The van der Waals surface area contributed by atoms with E-state index in [2.05, 4.69) is 5.32 Å². The molecular formula is C12H16KN2O6S. The van der Waals surface area contributed by atoms with Gasteiger partial charge < -0.3 is 15.4 Å². The van der Waals surface area contributed by atoms with Crippen LogP contribution in [-0.2, 0) is 26.3 Å². The van der Waals surface area contributed by atoms with Crippen molar-refractivity contribution in [3.8, 4) is 0 Å². The van der Waals surface area contributed by atoms with Crippen molar-refractivity contribution in [2.24, 2.45) is 0 Å². The van der Waals surface area contributed by atoms with Crippen LogP contribution in [0.25, 0.3) is 0 Å². The second-order valence-corrected chi connectivity index (χ2v) is 5.88. The number of hydrogen-bond donors (Lipinski definition) is 3. The molecule has 0 aromatic heterocycles. The monoisotopic (exact) mass is 355 g/mol. The molecule has 117 valence electrons. The van der Waals surface area contributed by atoms with Crippen LogP contribution in [0.4, 0.5) is 4.79 Å². The minimum Gasteiger partial charge on any atom is -0.445 e. The van der Waals surface area contributed by atoms with Crippen LogP contribution < -0.4 is 10.6 Å². The molecule has 3 N–H and O–H groups in total. The number of carbonyl (C=O) groups is 2. The molecule has 0 heterocycles. The average molecular weight is 355 g/mol. The van der Waals surface area contributed by atoms with Gasteiger partial charge in [-0.15, -0.1) is 0 Å². The van der Waals surface area contributed by atoms with Gasteiger partial charge in [-0.2, -0.15) is 8.42 Å². The van der Waals surface area contributed by atoms with E-state index in [1.54, 1.807) is 24.3 Å². The van der Waals surface area contributed by atoms with E-state index in [-0.39, 0.29) is 58.0 Å². The van der Waals surface area contributed by atoms with Crippen molar-refractivity contribution in [2.45, 2.75) is 18.9 Å². The Morgan fingerprint density at radius 2 is 1.86 bits per heavy atom. The maximum atomic E-state index is 11.3. The van der Waals surface area contributed by atoms with Gasteiger partial charge in [0.25, 0.3) is 10.1 Å². The fourth-order valence-electron chi connectivity index (χ4n) is 1.28. The van der Waals surface area contributed by atoms with Gasteiger partial charge in [-0.1, -0.05) is 30.3 Å². The second-order valence-electron chi connectivity index (χ2n) is 4.14. The molecule has 0 saturated carbocycles. The molecule has 2 amide bonds. The molecule has 1 aromatic rings. The van der Waals surface area contributed by atoms with E-state index < -0.39 is 34.0 Å². The van der Waals surface area contributed by atoms with E-state index in [0.717, 1.165) is 12.5 Å². The fraction of sp³-hybridized carbons (Fsp3) is 0.333. The fourth-order valence-corrected chi connectivity index (χ4v) is 1.56. The Morgan fingerprint density at radius 1 is 1.27 bits per heavy atom. The van der Waals surface area contributed by atoms with Crippen molar-refractivity contribution in [1.82, 2.24) is 10.6 Å². The minimum atomic E-state index is -4.36. The predicted octanol–water partition coefficient (Wildman–Crippen LogP) is -0.118. The largest absolute Gasteiger partial charge is 0.445 e. The van der Waals surface area contributed by atoms with Crippen molar-refractivity contribution in [3.05, 3.63) is 35.9 Å². The van der Waals surface area contributed by atoms with Gasteiger partial charge in [0.2, 0.25) is 5.91 Å². The summed E-state index contributed by atoms with van der Waals surface area (Å²) in [5, 5.41) is 2.71. The first kappa shape index (κ1) is 21.5. The molecule has 0 aliphatic heterocycles. The number of nitrogens with one attached hydrogen (secondary N) is 2. The third-order valence-corrected chi connectivity index (χ3v) is 3.43. The van der Waals surface area contributed by atoms with E-state index >= 15 is 0 Å². The number of hydrogen-bond acceptors (Lipinski definition) is 5. The molecule has 22 heavy (non-hydrogen) atoms. The van der Waals surface area contributed by atoms with Gasteiger partial charge in [-0.25, -0.2) is 4.79 Å². The van der Waals surface area contributed by atoms with Gasteiger partial charge in [0.05, 0.1) is 0 Å². The summed E-state index contributed by atoms with van der Waals surface area (Å²) in [6.07, 6.45) is -0.812. The molecule has 8 nitrogen and oxygen atoms in total. The van der Waals surface area contributed by atoms with E-state index in [1.807, 2.05) is 11.4 Å². The molecule has 0 aliphatic rings. The van der Waals surface area contributed by atoms with Crippen molar-refractivity contribution in [3.63, 3.8) is 0 Å². The third kappa shape index (κ3) is 8.83. The van der Waals surface area contributed by atoms with Crippen LogP contribution in [0.15, 0.2) is 30.3 Å². The molecular weight excluding hydrogens is 339 g/mol. The van der Waals surface area contributed by atoms with Crippen LogP contribution in [0.2, 0.25) is 0 Å². The van der Waals surface area contributed by atoms with Crippen molar-refractivity contribution in [1.29, 1.82) is 0 Å². The van der Waals surface area contributed by atoms with E-state index in [1.165, 1.54) is 0 Å². The number of rotatable bonds is 6. The molecule has 0 bridgehead atoms. The smallest absolute Gasteiger partial charge is 0.407 e. The van der Waals surface area contributed by atoms with E-state index in [4.69, 9.17) is 9.29 Å². The number of carbonyl (C=O) groups excluding carboxylic acids is 2. The van der Waals surface area contributed by atoms with Crippen LogP contribution in [0.5, 0.6) is 0 Å². The molecule has 1 aromatic carbocycles. The molecule has 1 radical (unpaired) electrons. The van der Waals surface area contributed by atoms with Crippen LogP contribution >= 0.6 is 0 Å². The Bertz CT molecular complexity index is 593. The van der Waals surface area contributed by atoms with Gasteiger partial charge in [-0.05, 0) is 12.5 Å². The summed E-state index contributed by atoms with van der Waals surface area (Å²) in [5.74, 6) is -0.767. The molecule has 1 unspecified atom stereocenters. The number of alkyl carbamates (subject to hydrolysis) is 1. The predicted molar refractivity (Wildman–Crippen MR) is 79.5 cm³/mol. The average Bonchev–Trinajstić information content (AvgIpc) is 2.43.